The number of thiazole rings is 1. The number of anilines is 1. The van der Waals surface area contributed by atoms with Crippen LogP contribution in [0.15, 0.2) is 10.5 Å². The minimum absolute atomic E-state index is 0.0296. The van der Waals surface area contributed by atoms with Crippen LogP contribution in [0.2, 0.25) is 0 Å². The molecule has 0 aromatic carbocycles. The highest BCUT2D eigenvalue weighted by atomic mass is 32.1. The lowest BCUT2D eigenvalue weighted by atomic mass is 10.2. The van der Waals surface area contributed by atoms with Crippen molar-refractivity contribution in [3.8, 4) is 0 Å². The topological polar surface area (TPSA) is 144 Å². The van der Waals surface area contributed by atoms with E-state index in [9.17, 15) is 14.4 Å². The Balaban J connectivity index is 3.24. The first-order valence-electron chi connectivity index (χ1n) is 7.17. The zero-order chi connectivity index (χ0) is 19.2. The van der Waals surface area contributed by atoms with Gasteiger partial charge in [0.05, 0.1) is 0 Å². The monoisotopic (exact) mass is 372 g/mol. The van der Waals surface area contributed by atoms with Gasteiger partial charge in [-0.15, -0.1) is 11.3 Å². The van der Waals surface area contributed by atoms with Crippen molar-refractivity contribution in [1.29, 1.82) is 0 Å². The number of carboxylic acids is 1. The predicted octanol–water partition coefficient (Wildman–Crippen LogP) is 1.20. The van der Waals surface area contributed by atoms with Gasteiger partial charge in [-0.1, -0.05) is 5.16 Å². The number of oxime groups is 1. The van der Waals surface area contributed by atoms with Crippen molar-refractivity contribution >= 4 is 40.1 Å². The zero-order valence-electron chi connectivity index (χ0n) is 14.3. The van der Waals surface area contributed by atoms with Crippen LogP contribution in [0.25, 0.3) is 0 Å². The van der Waals surface area contributed by atoms with E-state index in [4.69, 9.17) is 15.6 Å². The molecule has 0 aliphatic rings. The van der Waals surface area contributed by atoms with Gasteiger partial charge in [0, 0.05) is 18.3 Å². The van der Waals surface area contributed by atoms with Gasteiger partial charge in [0.25, 0.3) is 0 Å². The Morgan fingerprint density at radius 1 is 1.40 bits per heavy atom. The maximum Gasteiger partial charge on any atom is 0.423 e. The lowest BCUT2D eigenvalue weighted by Gasteiger charge is -2.24. The van der Waals surface area contributed by atoms with Gasteiger partial charge in [0.15, 0.2) is 0 Å². The number of nitrogens with two attached hydrogens (primary N) is 1. The highest BCUT2D eigenvalue weighted by molar-refractivity contribution is 7.14. The summed E-state index contributed by atoms with van der Waals surface area (Å²) >= 11 is 0.890. The average molecular weight is 372 g/mol. The third-order valence-corrected chi connectivity index (χ3v) is 3.32. The first kappa shape index (κ1) is 20.5. The summed E-state index contributed by atoms with van der Waals surface area (Å²) in [6.07, 6.45) is -1.03. The normalized spacial score (nSPS) is 11.8. The van der Waals surface area contributed by atoms with Crippen LogP contribution in [-0.2, 0) is 19.2 Å². The van der Waals surface area contributed by atoms with Gasteiger partial charge in [0.1, 0.15) is 18.4 Å². The number of carbonyl (C=O) groups is 3. The van der Waals surface area contributed by atoms with Crippen LogP contribution in [0.3, 0.4) is 0 Å². The van der Waals surface area contributed by atoms with Crippen molar-refractivity contribution in [2.75, 3.05) is 18.6 Å². The van der Waals surface area contributed by atoms with Crippen LogP contribution in [0.4, 0.5) is 9.93 Å². The van der Waals surface area contributed by atoms with Crippen molar-refractivity contribution in [2.45, 2.75) is 32.8 Å². The van der Waals surface area contributed by atoms with E-state index in [0.717, 1.165) is 16.2 Å². The highest BCUT2D eigenvalue weighted by Gasteiger charge is 2.31. The van der Waals surface area contributed by atoms with Crippen LogP contribution < -0.4 is 10.6 Å². The second-order valence-electron chi connectivity index (χ2n) is 5.69. The number of rotatable bonds is 6. The van der Waals surface area contributed by atoms with E-state index in [1.54, 1.807) is 20.8 Å². The summed E-state index contributed by atoms with van der Waals surface area (Å²) in [6, 6.07) is 0. The Morgan fingerprint density at radius 2 is 2.04 bits per heavy atom. The smallest absolute Gasteiger partial charge is 0.423 e. The molecule has 1 aromatic rings. The highest BCUT2D eigenvalue weighted by Crippen LogP contribution is 2.24. The van der Waals surface area contributed by atoms with E-state index in [0.29, 0.717) is 0 Å². The molecule has 0 bridgehead atoms. The molecule has 11 heteroatoms. The minimum atomic E-state index is -1.36. The number of aromatic nitrogens is 1. The summed E-state index contributed by atoms with van der Waals surface area (Å²) < 4.78 is 5.21. The van der Waals surface area contributed by atoms with Crippen molar-refractivity contribution in [3.05, 3.63) is 11.1 Å². The van der Waals surface area contributed by atoms with E-state index < -0.39 is 29.3 Å². The molecule has 1 heterocycles. The summed E-state index contributed by atoms with van der Waals surface area (Å²) in [5.41, 5.74) is 4.03. The van der Waals surface area contributed by atoms with Crippen LogP contribution in [0.1, 0.15) is 32.9 Å². The molecule has 1 rings (SSSR count). The molecular weight excluding hydrogens is 352 g/mol. The fourth-order valence-corrected chi connectivity index (χ4v) is 2.41. The van der Waals surface area contributed by atoms with Gasteiger partial charge >= 0.3 is 12.1 Å². The fourth-order valence-electron chi connectivity index (χ4n) is 1.59. The van der Waals surface area contributed by atoms with Crippen LogP contribution >= 0.6 is 11.3 Å². The number of hydrogen-bond donors (Lipinski definition) is 2. The molecule has 0 saturated carbocycles. The number of hydrogen-bond acceptors (Lipinski definition) is 9. The number of aliphatic carboxylic acids is 1. The molecule has 0 saturated heterocycles. The number of carboxylic acid groups (broad SMARTS) is 1. The molecular formula is C14H20N4O6S. The summed E-state index contributed by atoms with van der Waals surface area (Å²) in [5.74, 6) is -1.98. The van der Waals surface area contributed by atoms with E-state index in [1.807, 2.05) is 0 Å². The summed E-state index contributed by atoms with van der Waals surface area (Å²) in [4.78, 5) is 45.0. The second kappa shape index (κ2) is 8.53. The molecule has 1 aromatic heterocycles. The van der Waals surface area contributed by atoms with Gasteiger partial charge in [-0.25, -0.2) is 14.6 Å². The summed E-state index contributed by atoms with van der Waals surface area (Å²) in [5, 5.41) is 13.8. The van der Waals surface area contributed by atoms with E-state index in [-0.39, 0.29) is 23.8 Å². The van der Waals surface area contributed by atoms with Gasteiger partial charge in [-0.05, 0) is 20.8 Å². The maximum atomic E-state index is 12.4. The number of nitrogens with zero attached hydrogens (tertiary/aromatic N) is 3. The third-order valence-electron chi connectivity index (χ3n) is 2.49. The van der Waals surface area contributed by atoms with Gasteiger partial charge in [-0.3, -0.25) is 4.79 Å². The number of carbonyl (C=O) groups excluding carboxylic acids is 2. The van der Waals surface area contributed by atoms with Crippen molar-refractivity contribution in [3.63, 3.8) is 0 Å². The molecule has 0 unspecified atom stereocenters. The zero-order valence-corrected chi connectivity index (χ0v) is 15.1. The molecule has 0 atom stereocenters. The van der Waals surface area contributed by atoms with Crippen LogP contribution in [0, 0.1) is 0 Å². The maximum absolute atomic E-state index is 12.4. The fraction of sp³-hybridized carbons (Fsp3) is 0.500. The second-order valence-corrected chi connectivity index (χ2v) is 6.53. The lowest BCUT2D eigenvalue weighted by molar-refractivity contribution is -0.129. The number of imide groups is 1. The van der Waals surface area contributed by atoms with Crippen LogP contribution in [0.5, 0.6) is 0 Å². The molecule has 0 aliphatic carbocycles. The summed E-state index contributed by atoms with van der Waals surface area (Å²) in [7, 11) is 1.19. The Morgan fingerprint density at radius 3 is 2.52 bits per heavy atom. The number of amides is 2. The Kier molecular flexibility index (Phi) is 7.00. The Hall–Kier alpha value is -2.53. The molecule has 0 radical (unpaired) electrons. The van der Waals surface area contributed by atoms with Crippen molar-refractivity contribution < 1.29 is 29.1 Å². The number of ether oxygens (including phenoxy) is 1. The SMILES string of the molecule is CON=C(C(=O)O)c1csc(N(C(=O)CCN)C(=O)OC(C)(C)C)n1. The Bertz CT molecular complexity index is 679. The lowest BCUT2D eigenvalue weighted by Crippen LogP contribution is -2.41. The molecule has 3 N–H and O–H groups in total. The molecule has 0 fully saturated rings. The average Bonchev–Trinajstić information content (AvgIpc) is 2.91. The molecule has 0 aliphatic heterocycles. The van der Waals surface area contributed by atoms with E-state index >= 15 is 0 Å². The molecule has 138 valence electrons. The molecule has 2 amide bonds. The molecule has 25 heavy (non-hydrogen) atoms. The van der Waals surface area contributed by atoms with Gasteiger partial charge in [-0.2, -0.15) is 4.90 Å². The van der Waals surface area contributed by atoms with Crippen LogP contribution in [-0.4, -0.2) is 53.0 Å². The van der Waals surface area contributed by atoms with Crippen molar-refractivity contribution in [2.24, 2.45) is 10.9 Å². The molecule has 10 nitrogen and oxygen atoms in total. The van der Waals surface area contributed by atoms with Crippen molar-refractivity contribution in [1.82, 2.24) is 4.98 Å². The first-order valence-corrected chi connectivity index (χ1v) is 8.05. The summed E-state index contributed by atoms with van der Waals surface area (Å²) in [6.45, 7) is 4.98. The van der Waals surface area contributed by atoms with E-state index in [2.05, 4.69) is 15.0 Å². The largest absolute Gasteiger partial charge is 0.476 e. The predicted molar refractivity (Wildman–Crippen MR) is 90.7 cm³/mol. The van der Waals surface area contributed by atoms with Gasteiger partial charge < -0.3 is 20.4 Å². The molecule has 0 spiro atoms. The standard InChI is InChI=1S/C14H20N4O6S/c1-14(2,3)24-13(22)18(9(19)5-6-15)12-16-8(7-25-12)10(11(20)21)17-23-4/h7H,5-6,15H2,1-4H3,(H,20,21). The third kappa shape index (κ3) is 5.80. The quantitative estimate of drug-likeness (QED) is 0.559. The van der Waals surface area contributed by atoms with Gasteiger partial charge in [0.2, 0.25) is 16.8 Å². The minimum Gasteiger partial charge on any atom is -0.476 e. The first-order chi connectivity index (χ1) is 11.6. The van der Waals surface area contributed by atoms with E-state index in [1.165, 1.54) is 12.5 Å². The Labute approximate surface area is 148 Å².